The Bertz CT molecular complexity index is 825. The summed E-state index contributed by atoms with van der Waals surface area (Å²) in [5.74, 6) is -0.776. The molecule has 6 heteroatoms. The number of sulfone groups is 1. The summed E-state index contributed by atoms with van der Waals surface area (Å²) in [6.07, 6.45) is 0. The first-order valence-corrected chi connectivity index (χ1v) is 9.25. The van der Waals surface area contributed by atoms with Crippen molar-refractivity contribution in [1.29, 1.82) is 0 Å². The Kier molecular flexibility index (Phi) is 4.46. The molecule has 0 heterocycles. The molecule has 0 bridgehead atoms. The second-order valence-corrected chi connectivity index (χ2v) is 8.25. The van der Waals surface area contributed by atoms with E-state index < -0.39 is 26.3 Å². The molecular weight excluding hydrogens is 329 g/mol. The molecule has 0 radical (unpaired) electrons. The fourth-order valence-corrected chi connectivity index (χ4v) is 6.11. The molecule has 3 rings (SSSR count). The van der Waals surface area contributed by atoms with Crippen LogP contribution < -0.4 is 5.73 Å². The minimum atomic E-state index is -3.60. The van der Waals surface area contributed by atoms with E-state index in [-0.39, 0.29) is 24.0 Å². The van der Waals surface area contributed by atoms with Gasteiger partial charge in [0.05, 0.1) is 16.8 Å². The van der Waals surface area contributed by atoms with Crippen LogP contribution in [0.4, 0.5) is 4.39 Å². The van der Waals surface area contributed by atoms with Crippen LogP contribution in [0.3, 0.4) is 0 Å². The molecule has 1 aliphatic carbocycles. The van der Waals surface area contributed by atoms with Gasteiger partial charge in [-0.1, -0.05) is 30.3 Å². The highest BCUT2D eigenvalue weighted by molar-refractivity contribution is 7.92. The number of methoxy groups -OCH3 is 1. The summed E-state index contributed by atoms with van der Waals surface area (Å²) in [7, 11) is -2.08. The van der Waals surface area contributed by atoms with Gasteiger partial charge in [-0.3, -0.25) is 0 Å². The fourth-order valence-electron chi connectivity index (χ4n) is 3.65. The largest absolute Gasteiger partial charge is 0.384 e. The molecule has 0 saturated heterocycles. The SMILES string of the molecule is COCC1(CN)C(c2cccc(F)c2)C1S(=O)(=O)c1ccccc1. The zero-order chi connectivity index (χ0) is 17.4. The van der Waals surface area contributed by atoms with Gasteiger partial charge < -0.3 is 10.5 Å². The van der Waals surface area contributed by atoms with Crippen LogP contribution in [0.25, 0.3) is 0 Å². The topological polar surface area (TPSA) is 69.4 Å². The van der Waals surface area contributed by atoms with Gasteiger partial charge in [0, 0.05) is 25.0 Å². The van der Waals surface area contributed by atoms with Crippen LogP contribution in [0.1, 0.15) is 11.5 Å². The Morgan fingerprint density at radius 1 is 1.17 bits per heavy atom. The number of halogens is 1. The third kappa shape index (κ3) is 2.64. The lowest BCUT2D eigenvalue weighted by atomic mass is 10.00. The molecule has 0 aliphatic heterocycles. The summed E-state index contributed by atoms with van der Waals surface area (Å²) < 4.78 is 45.1. The molecule has 0 spiro atoms. The van der Waals surface area contributed by atoms with Crippen LogP contribution in [0.15, 0.2) is 59.5 Å². The predicted octanol–water partition coefficient (Wildman–Crippen LogP) is 2.36. The van der Waals surface area contributed by atoms with Gasteiger partial charge in [0.2, 0.25) is 0 Å². The van der Waals surface area contributed by atoms with Crippen molar-refractivity contribution in [3.63, 3.8) is 0 Å². The summed E-state index contributed by atoms with van der Waals surface area (Å²) in [5, 5.41) is -0.723. The molecule has 24 heavy (non-hydrogen) atoms. The van der Waals surface area contributed by atoms with Crippen molar-refractivity contribution in [3.8, 4) is 0 Å². The Labute approximate surface area is 141 Å². The first-order valence-electron chi connectivity index (χ1n) is 7.71. The highest BCUT2D eigenvalue weighted by Gasteiger charge is 2.70. The Balaban J connectivity index is 2.07. The van der Waals surface area contributed by atoms with Crippen molar-refractivity contribution in [2.75, 3.05) is 20.3 Å². The second kappa shape index (κ2) is 6.27. The second-order valence-electron chi connectivity index (χ2n) is 6.18. The summed E-state index contributed by atoms with van der Waals surface area (Å²) >= 11 is 0. The summed E-state index contributed by atoms with van der Waals surface area (Å²) in [5.41, 5.74) is 5.85. The van der Waals surface area contributed by atoms with Gasteiger partial charge in [0.25, 0.3) is 0 Å². The average molecular weight is 349 g/mol. The zero-order valence-corrected chi connectivity index (χ0v) is 14.2. The number of hydrogen-bond acceptors (Lipinski definition) is 4. The third-order valence-corrected chi connectivity index (χ3v) is 7.13. The van der Waals surface area contributed by atoms with Gasteiger partial charge in [-0.2, -0.15) is 0 Å². The molecule has 1 saturated carbocycles. The highest BCUT2D eigenvalue weighted by Crippen LogP contribution is 2.63. The van der Waals surface area contributed by atoms with Crippen LogP contribution in [0.5, 0.6) is 0 Å². The smallest absolute Gasteiger partial charge is 0.182 e. The first kappa shape index (κ1) is 17.1. The molecule has 128 valence electrons. The normalized spacial score (nSPS) is 26.3. The van der Waals surface area contributed by atoms with E-state index in [2.05, 4.69) is 0 Å². The molecule has 0 aromatic heterocycles. The quantitative estimate of drug-likeness (QED) is 0.869. The molecule has 2 N–H and O–H groups in total. The Morgan fingerprint density at radius 2 is 1.88 bits per heavy atom. The number of hydrogen-bond donors (Lipinski definition) is 1. The Hall–Kier alpha value is -1.76. The van der Waals surface area contributed by atoms with E-state index in [0.29, 0.717) is 5.56 Å². The third-order valence-electron chi connectivity index (χ3n) is 4.79. The van der Waals surface area contributed by atoms with E-state index in [0.717, 1.165) is 0 Å². The molecule has 0 amide bonds. The van der Waals surface area contributed by atoms with Gasteiger partial charge in [-0.05, 0) is 29.8 Å². The molecule has 3 unspecified atom stereocenters. The van der Waals surface area contributed by atoms with E-state index in [4.69, 9.17) is 10.5 Å². The summed E-state index contributed by atoms with van der Waals surface area (Å²) in [4.78, 5) is 0.253. The lowest BCUT2D eigenvalue weighted by Crippen LogP contribution is -2.28. The predicted molar refractivity (Wildman–Crippen MR) is 89.9 cm³/mol. The van der Waals surface area contributed by atoms with Gasteiger partial charge in [-0.25, -0.2) is 12.8 Å². The molecule has 4 nitrogen and oxygen atoms in total. The molecule has 3 atom stereocenters. The number of ether oxygens (including phenoxy) is 1. The first-order chi connectivity index (χ1) is 11.5. The molecular formula is C18H20FNO3S. The number of nitrogens with two attached hydrogens (primary N) is 1. The Morgan fingerprint density at radius 3 is 2.46 bits per heavy atom. The van der Waals surface area contributed by atoms with E-state index in [9.17, 15) is 12.8 Å². The fraction of sp³-hybridized carbons (Fsp3) is 0.333. The zero-order valence-electron chi connectivity index (χ0n) is 13.4. The standard InChI is InChI=1S/C18H20FNO3S/c1-23-12-18(11-20)16(13-6-5-7-14(19)10-13)17(18)24(21,22)15-8-3-2-4-9-15/h2-10,16-17H,11-12,20H2,1H3. The lowest BCUT2D eigenvalue weighted by Gasteiger charge is -2.14. The van der Waals surface area contributed by atoms with Crippen LogP contribution in [0.2, 0.25) is 0 Å². The van der Waals surface area contributed by atoms with Crippen LogP contribution in [0, 0.1) is 11.2 Å². The maximum absolute atomic E-state index is 13.6. The monoisotopic (exact) mass is 349 g/mol. The van der Waals surface area contributed by atoms with E-state index in [1.165, 1.54) is 19.2 Å². The van der Waals surface area contributed by atoms with Crippen molar-refractivity contribution < 1.29 is 17.5 Å². The minimum Gasteiger partial charge on any atom is -0.384 e. The van der Waals surface area contributed by atoms with E-state index >= 15 is 0 Å². The average Bonchev–Trinajstić information content (AvgIpc) is 3.26. The molecule has 2 aromatic rings. The van der Waals surface area contributed by atoms with Crippen LogP contribution in [-0.4, -0.2) is 33.9 Å². The molecule has 2 aromatic carbocycles. The van der Waals surface area contributed by atoms with Crippen LogP contribution >= 0.6 is 0 Å². The molecule has 1 aliphatic rings. The summed E-state index contributed by atoms with van der Waals surface area (Å²) in [6.45, 7) is 0.361. The minimum absolute atomic E-state index is 0.152. The van der Waals surface area contributed by atoms with E-state index in [1.807, 2.05) is 0 Å². The maximum atomic E-state index is 13.6. The highest BCUT2D eigenvalue weighted by atomic mass is 32.2. The molecule has 1 fully saturated rings. The van der Waals surface area contributed by atoms with Gasteiger partial charge in [-0.15, -0.1) is 0 Å². The van der Waals surface area contributed by atoms with E-state index in [1.54, 1.807) is 42.5 Å². The van der Waals surface area contributed by atoms with Crippen molar-refractivity contribution in [2.45, 2.75) is 16.1 Å². The van der Waals surface area contributed by atoms with Gasteiger partial charge in [0.1, 0.15) is 5.82 Å². The maximum Gasteiger partial charge on any atom is 0.182 e. The van der Waals surface area contributed by atoms with Crippen molar-refractivity contribution in [3.05, 3.63) is 66.0 Å². The van der Waals surface area contributed by atoms with Crippen molar-refractivity contribution >= 4 is 9.84 Å². The van der Waals surface area contributed by atoms with Crippen molar-refractivity contribution in [2.24, 2.45) is 11.1 Å². The van der Waals surface area contributed by atoms with Crippen molar-refractivity contribution in [1.82, 2.24) is 0 Å². The van der Waals surface area contributed by atoms with Gasteiger partial charge in [0.15, 0.2) is 9.84 Å². The number of benzene rings is 2. The van der Waals surface area contributed by atoms with Gasteiger partial charge >= 0.3 is 0 Å². The van der Waals surface area contributed by atoms with Crippen LogP contribution in [-0.2, 0) is 14.6 Å². The lowest BCUT2D eigenvalue weighted by molar-refractivity contribution is 0.142. The summed E-state index contributed by atoms with van der Waals surface area (Å²) in [6, 6.07) is 14.3. The number of rotatable bonds is 6.